The Morgan fingerprint density at radius 3 is 3.00 bits per heavy atom. The minimum Gasteiger partial charge on any atom is -0.377 e. The second kappa shape index (κ2) is 6.35. The van der Waals surface area contributed by atoms with Gasteiger partial charge in [-0.3, -0.25) is 0 Å². The van der Waals surface area contributed by atoms with Crippen molar-refractivity contribution in [2.75, 3.05) is 31.2 Å². The van der Waals surface area contributed by atoms with Crippen molar-refractivity contribution in [1.82, 2.24) is 5.32 Å². The number of hydrogen-bond donors (Lipinski definition) is 1. The van der Waals surface area contributed by atoms with Crippen LogP contribution in [0.2, 0.25) is 0 Å². The molecule has 4 heteroatoms. The summed E-state index contributed by atoms with van der Waals surface area (Å²) in [5, 5.41) is 3.36. The molecule has 2 rings (SSSR count). The molecule has 1 N–H and O–H groups in total. The molecule has 1 aromatic rings. The number of anilines is 1. The maximum atomic E-state index is 14.3. The summed E-state index contributed by atoms with van der Waals surface area (Å²) in [7, 11) is 0. The Morgan fingerprint density at radius 1 is 1.53 bits per heavy atom. The van der Waals surface area contributed by atoms with Crippen molar-refractivity contribution >= 4 is 5.69 Å². The molecule has 2 unspecified atom stereocenters. The van der Waals surface area contributed by atoms with Gasteiger partial charge in [-0.1, -0.05) is 19.1 Å². The van der Waals surface area contributed by atoms with E-state index in [2.05, 4.69) is 31.0 Å². The number of nitrogens with one attached hydrogen (secondary N) is 1. The molecule has 0 bridgehead atoms. The fraction of sp³-hybridized carbons (Fsp3) is 0.600. The average Bonchev–Trinajstić information content (AvgIpc) is 2.40. The van der Waals surface area contributed by atoms with Gasteiger partial charge in [0.15, 0.2) is 0 Å². The number of hydrogen-bond acceptors (Lipinski definition) is 3. The third-order valence-corrected chi connectivity index (χ3v) is 3.65. The molecule has 19 heavy (non-hydrogen) atoms. The fourth-order valence-electron chi connectivity index (χ4n) is 2.66. The molecule has 0 aromatic heterocycles. The molecule has 1 heterocycles. The highest BCUT2D eigenvalue weighted by Crippen LogP contribution is 2.31. The van der Waals surface area contributed by atoms with Crippen LogP contribution in [0.1, 0.15) is 32.4 Å². The first-order valence-corrected chi connectivity index (χ1v) is 7.01. The van der Waals surface area contributed by atoms with E-state index < -0.39 is 0 Å². The first-order valence-electron chi connectivity index (χ1n) is 7.01. The smallest absolute Gasteiger partial charge is 0.146 e. The van der Waals surface area contributed by atoms with Crippen LogP contribution in [0.15, 0.2) is 18.2 Å². The van der Waals surface area contributed by atoms with Gasteiger partial charge in [0.2, 0.25) is 0 Å². The number of morpholine rings is 1. The zero-order valence-corrected chi connectivity index (χ0v) is 11.9. The minimum absolute atomic E-state index is 0.143. The first kappa shape index (κ1) is 14.3. The van der Waals surface area contributed by atoms with E-state index in [1.54, 1.807) is 12.1 Å². The van der Waals surface area contributed by atoms with Crippen molar-refractivity contribution < 1.29 is 9.13 Å². The molecule has 0 spiro atoms. The fourth-order valence-corrected chi connectivity index (χ4v) is 2.66. The Labute approximate surface area is 114 Å². The van der Waals surface area contributed by atoms with Gasteiger partial charge in [0.1, 0.15) is 5.82 Å². The van der Waals surface area contributed by atoms with E-state index in [9.17, 15) is 4.39 Å². The van der Waals surface area contributed by atoms with Gasteiger partial charge in [-0.05, 0) is 32.0 Å². The predicted octanol–water partition coefficient (Wildman–Crippen LogP) is 2.72. The summed E-state index contributed by atoms with van der Waals surface area (Å²) < 4.78 is 19.7. The lowest BCUT2D eigenvalue weighted by Crippen LogP contribution is -2.45. The quantitative estimate of drug-likeness (QED) is 0.907. The van der Waals surface area contributed by atoms with Crippen LogP contribution in [0.5, 0.6) is 0 Å². The molecule has 3 nitrogen and oxygen atoms in total. The summed E-state index contributed by atoms with van der Waals surface area (Å²) in [4.78, 5) is 2.13. The third-order valence-electron chi connectivity index (χ3n) is 3.65. The molecule has 0 aliphatic carbocycles. The summed E-state index contributed by atoms with van der Waals surface area (Å²) in [5.74, 6) is -0.143. The van der Waals surface area contributed by atoms with Gasteiger partial charge >= 0.3 is 0 Å². The highest BCUT2D eigenvalue weighted by atomic mass is 19.1. The number of halogens is 1. The van der Waals surface area contributed by atoms with E-state index in [1.807, 2.05) is 6.07 Å². The van der Waals surface area contributed by atoms with E-state index in [4.69, 9.17) is 4.74 Å². The van der Waals surface area contributed by atoms with Crippen LogP contribution in [-0.4, -0.2) is 32.3 Å². The molecule has 1 fully saturated rings. The molecule has 1 saturated heterocycles. The van der Waals surface area contributed by atoms with Crippen LogP contribution in [-0.2, 0) is 4.74 Å². The standard InChI is InChI=1S/C15H23FN2O/c1-4-17-12(3)13-6-5-7-14(16)15(13)18-8-9-19-10-11(18)2/h5-7,11-12,17H,4,8-10H2,1-3H3. The summed E-state index contributed by atoms with van der Waals surface area (Å²) in [6.45, 7) is 9.15. The zero-order valence-electron chi connectivity index (χ0n) is 11.9. The lowest BCUT2D eigenvalue weighted by molar-refractivity contribution is 0.0984. The summed E-state index contributed by atoms with van der Waals surface area (Å²) in [5.41, 5.74) is 1.75. The van der Waals surface area contributed by atoms with Gasteiger partial charge in [-0.25, -0.2) is 4.39 Å². The zero-order chi connectivity index (χ0) is 13.8. The monoisotopic (exact) mass is 266 g/mol. The molecule has 0 saturated carbocycles. The predicted molar refractivity (Wildman–Crippen MR) is 76.1 cm³/mol. The van der Waals surface area contributed by atoms with E-state index in [0.29, 0.717) is 13.2 Å². The molecule has 0 amide bonds. The molecule has 2 atom stereocenters. The molecule has 106 valence electrons. The topological polar surface area (TPSA) is 24.5 Å². The van der Waals surface area contributed by atoms with Crippen LogP contribution in [0.4, 0.5) is 10.1 Å². The van der Waals surface area contributed by atoms with E-state index in [-0.39, 0.29) is 17.9 Å². The van der Waals surface area contributed by atoms with Gasteiger partial charge in [-0.2, -0.15) is 0 Å². The van der Waals surface area contributed by atoms with Crippen LogP contribution in [0, 0.1) is 5.82 Å². The molecule has 1 aliphatic rings. The van der Waals surface area contributed by atoms with E-state index in [1.165, 1.54) is 0 Å². The maximum absolute atomic E-state index is 14.3. The number of benzene rings is 1. The summed E-state index contributed by atoms with van der Waals surface area (Å²) >= 11 is 0. The minimum atomic E-state index is -0.143. The second-order valence-corrected chi connectivity index (χ2v) is 5.07. The van der Waals surface area contributed by atoms with E-state index in [0.717, 1.165) is 24.3 Å². The molecule has 1 aromatic carbocycles. The van der Waals surface area contributed by atoms with Gasteiger partial charge in [-0.15, -0.1) is 0 Å². The molecule has 0 radical (unpaired) electrons. The summed E-state index contributed by atoms with van der Waals surface area (Å²) in [6.07, 6.45) is 0. The Kier molecular flexibility index (Phi) is 4.77. The average molecular weight is 266 g/mol. The highest BCUT2D eigenvalue weighted by Gasteiger charge is 2.25. The maximum Gasteiger partial charge on any atom is 0.146 e. The SMILES string of the molecule is CCNC(C)c1cccc(F)c1N1CCOCC1C. The Morgan fingerprint density at radius 2 is 2.32 bits per heavy atom. The lowest BCUT2D eigenvalue weighted by Gasteiger charge is -2.37. The third kappa shape index (κ3) is 3.07. The number of ether oxygens (including phenoxy) is 1. The van der Waals surface area contributed by atoms with Gasteiger partial charge in [0, 0.05) is 18.6 Å². The second-order valence-electron chi connectivity index (χ2n) is 5.07. The van der Waals surface area contributed by atoms with Crippen molar-refractivity contribution in [2.45, 2.75) is 32.9 Å². The largest absolute Gasteiger partial charge is 0.377 e. The van der Waals surface area contributed by atoms with Gasteiger partial charge < -0.3 is 15.0 Å². The van der Waals surface area contributed by atoms with Crippen LogP contribution in [0.3, 0.4) is 0 Å². The van der Waals surface area contributed by atoms with Crippen molar-refractivity contribution in [1.29, 1.82) is 0 Å². The Hall–Kier alpha value is -1.13. The van der Waals surface area contributed by atoms with Crippen molar-refractivity contribution in [3.63, 3.8) is 0 Å². The van der Waals surface area contributed by atoms with Crippen LogP contribution in [0.25, 0.3) is 0 Å². The van der Waals surface area contributed by atoms with Crippen molar-refractivity contribution in [3.8, 4) is 0 Å². The van der Waals surface area contributed by atoms with Crippen molar-refractivity contribution in [3.05, 3.63) is 29.6 Å². The molecular weight excluding hydrogens is 243 g/mol. The number of nitrogens with zero attached hydrogens (tertiary/aromatic N) is 1. The van der Waals surface area contributed by atoms with Gasteiger partial charge in [0.05, 0.1) is 18.9 Å². The van der Waals surface area contributed by atoms with Crippen LogP contribution < -0.4 is 10.2 Å². The van der Waals surface area contributed by atoms with Crippen molar-refractivity contribution in [2.24, 2.45) is 0 Å². The highest BCUT2D eigenvalue weighted by molar-refractivity contribution is 5.57. The Balaban J connectivity index is 2.36. The lowest BCUT2D eigenvalue weighted by atomic mass is 10.0. The van der Waals surface area contributed by atoms with E-state index >= 15 is 0 Å². The normalized spacial score (nSPS) is 21.5. The van der Waals surface area contributed by atoms with Crippen LogP contribution >= 0.6 is 0 Å². The Bertz CT molecular complexity index is 425. The molecule has 1 aliphatic heterocycles. The number of para-hydroxylation sites is 1. The first-order chi connectivity index (χ1) is 9.15. The van der Waals surface area contributed by atoms with Gasteiger partial charge in [0.25, 0.3) is 0 Å². The summed E-state index contributed by atoms with van der Waals surface area (Å²) in [6, 6.07) is 5.68. The number of rotatable bonds is 4. The molecular formula is C15H23FN2O.